The van der Waals surface area contributed by atoms with Gasteiger partial charge in [-0.1, -0.05) is 0 Å². The zero-order chi connectivity index (χ0) is 17.4. The van der Waals surface area contributed by atoms with Gasteiger partial charge < -0.3 is 10.1 Å². The third-order valence-corrected chi connectivity index (χ3v) is 3.39. The van der Waals surface area contributed by atoms with E-state index in [9.17, 15) is 35.5 Å². The summed E-state index contributed by atoms with van der Waals surface area (Å²) in [6.45, 7) is 0.414. The summed E-state index contributed by atoms with van der Waals surface area (Å²) in [5.41, 5.74) is -4.26. The Morgan fingerprint density at radius 1 is 0.957 bits per heavy atom. The fraction of sp³-hybridized carbons (Fsp3) is 0.462. The molecule has 1 heterocycles. The SMILES string of the molecule is O=C(Nc1c(F)c(F)c(C(F)(F)F)c(F)c1F)C1CCOCC1. The molecule has 0 aromatic heterocycles. The number of carbonyl (C=O) groups is 1. The summed E-state index contributed by atoms with van der Waals surface area (Å²) in [5.74, 6) is -11.5. The van der Waals surface area contributed by atoms with Gasteiger partial charge in [-0.3, -0.25) is 4.79 Å². The lowest BCUT2D eigenvalue weighted by molar-refractivity contribution is -0.143. The number of ether oxygens (including phenoxy) is 1. The van der Waals surface area contributed by atoms with E-state index in [2.05, 4.69) is 0 Å². The molecule has 0 aliphatic carbocycles. The van der Waals surface area contributed by atoms with Crippen molar-refractivity contribution >= 4 is 11.6 Å². The van der Waals surface area contributed by atoms with Crippen LogP contribution in [-0.4, -0.2) is 19.1 Å². The molecular weight excluding hydrogens is 335 g/mol. The molecule has 1 fully saturated rings. The first-order valence-corrected chi connectivity index (χ1v) is 6.46. The van der Waals surface area contributed by atoms with Gasteiger partial charge in [0.1, 0.15) is 11.3 Å². The molecule has 1 aliphatic heterocycles. The lowest BCUT2D eigenvalue weighted by atomic mass is 9.99. The highest BCUT2D eigenvalue weighted by molar-refractivity contribution is 5.93. The average molecular weight is 345 g/mol. The third-order valence-electron chi connectivity index (χ3n) is 3.39. The molecule has 0 spiro atoms. The third kappa shape index (κ3) is 3.41. The summed E-state index contributed by atoms with van der Waals surface area (Å²) in [5, 5.41) is 1.62. The van der Waals surface area contributed by atoms with Crippen LogP contribution < -0.4 is 5.32 Å². The maximum atomic E-state index is 13.6. The van der Waals surface area contributed by atoms with Crippen molar-refractivity contribution in [2.45, 2.75) is 19.0 Å². The number of carbonyl (C=O) groups excluding carboxylic acids is 1. The molecule has 0 unspecified atom stereocenters. The Hall–Kier alpha value is -1.84. The summed E-state index contributed by atoms with van der Waals surface area (Å²) in [6, 6.07) is 0. The molecule has 10 heteroatoms. The Morgan fingerprint density at radius 3 is 1.87 bits per heavy atom. The van der Waals surface area contributed by atoms with Gasteiger partial charge in [0.25, 0.3) is 0 Å². The van der Waals surface area contributed by atoms with Crippen molar-refractivity contribution in [3.05, 3.63) is 28.8 Å². The maximum Gasteiger partial charge on any atom is 0.422 e. The first kappa shape index (κ1) is 17.5. The van der Waals surface area contributed by atoms with E-state index < -0.39 is 52.5 Å². The van der Waals surface area contributed by atoms with Crippen molar-refractivity contribution < 1.29 is 40.3 Å². The van der Waals surface area contributed by atoms with E-state index in [1.807, 2.05) is 0 Å². The summed E-state index contributed by atoms with van der Waals surface area (Å²) in [6.07, 6.45) is -5.21. The van der Waals surface area contributed by atoms with Crippen LogP contribution in [0.5, 0.6) is 0 Å². The molecule has 1 saturated heterocycles. The number of nitrogens with one attached hydrogen (secondary N) is 1. The van der Waals surface area contributed by atoms with Crippen LogP contribution >= 0.6 is 0 Å². The Balaban J connectivity index is 2.38. The molecule has 23 heavy (non-hydrogen) atoms. The second kappa shape index (κ2) is 6.34. The van der Waals surface area contributed by atoms with Crippen LogP contribution in [0.25, 0.3) is 0 Å². The van der Waals surface area contributed by atoms with Crippen molar-refractivity contribution in [3.8, 4) is 0 Å². The molecule has 1 aromatic rings. The van der Waals surface area contributed by atoms with Crippen LogP contribution in [0.15, 0.2) is 0 Å². The van der Waals surface area contributed by atoms with Crippen LogP contribution in [0, 0.1) is 29.2 Å². The van der Waals surface area contributed by atoms with E-state index in [4.69, 9.17) is 4.74 Å². The van der Waals surface area contributed by atoms with E-state index in [1.165, 1.54) is 0 Å². The fourth-order valence-electron chi connectivity index (χ4n) is 2.18. The first-order chi connectivity index (χ1) is 10.6. The lowest BCUT2D eigenvalue weighted by Crippen LogP contribution is -2.30. The van der Waals surface area contributed by atoms with Gasteiger partial charge in [-0.15, -0.1) is 0 Å². The molecule has 3 nitrogen and oxygen atoms in total. The largest absolute Gasteiger partial charge is 0.422 e. The zero-order valence-corrected chi connectivity index (χ0v) is 11.4. The molecule has 1 aliphatic rings. The minimum absolute atomic E-state index is 0.207. The minimum Gasteiger partial charge on any atom is -0.381 e. The predicted molar refractivity (Wildman–Crippen MR) is 63.4 cm³/mol. The van der Waals surface area contributed by atoms with Crippen LogP contribution in [0.3, 0.4) is 0 Å². The van der Waals surface area contributed by atoms with E-state index in [0.717, 1.165) is 0 Å². The fourth-order valence-corrected chi connectivity index (χ4v) is 2.18. The Kier molecular flexibility index (Phi) is 4.83. The quantitative estimate of drug-likeness (QED) is 0.657. The standard InChI is InChI=1S/C13H10F7NO2/c14-7-6(13(18,19)20)8(15)10(17)11(9(7)16)21-12(22)5-1-3-23-4-2-5/h5H,1-4H2,(H,21,22). The molecule has 2 rings (SSSR count). The van der Waals surface area contributed by atoms with Gasteiger partial charge in [0.2, 0.25) is 5.91 Å². The van der Waals surface area contributed by atoms with Gasteiger partial charge >= 0.3 is 6.18 Å². The number of benzene rings is 1. The van der Waals surface area contributed by atoms with Crippen LogP contribution in [0.2, 0.25) is 0 Å². The maximum absolute atomic E-state index is 13.6. The molecule has 0 atom stereocenters. The Morgan fingerprint density at radius 2 is 1.43 bits per heavy atom. The van der Waals surface area contributed by atoms with Gasteiger partial charge in [-0.05, 0) is 12.8 Å². The lowest BCUT2D eigenvalue weighted by Gasteiger charge is -2.22. The monoisotopic (exact) mass is 345 g/mol. The van der Waals surface area contributed by atoms with Crippen LogP contribution in [0.4, 0.5) is 36.4 Å². The predicted octanol–water partition coefficient (Wildman–Crippen LogP) is 3.63. The van der Waals surface area contributed by atoms with Crippen LogP contribution in [0.1, 0.15) is 18.4 Å². The van der Waals surface area contributed by atoms with Crippen molar-refractivity contribution in [1.82, 2.24) is 0 Å². The van der Waals surface area contributed by atoms with E-state index >= 15 is 0 Å². The highest BCUT2D eigenvalue weighted by Gasteiger charge is 2.42. The van der Waals surface area contributed by atoms with E-state index in [-0.39, 0.29) is 26.1 Å². The molecule has 128 valence electrons. The molecule has 1 N–H and O–H groups in total. The molecule has 0 saturated carbocycles. The smallest absolute Gasteiger partial charge is 0.381 e. The minimum atomic E-state index is -5.63. The van der Waals surface area contributed by atoms with Gasteiger partial charge in [-0.2, -0.15) is 13.2 Å². The van der Waals surface area contributed by atoms with Crippen molar-refractivity contribution in [2.24, 2.45) is 5.92 Å². The van der Waals surface area contributed by atoms with Gasteiger partial charge in [0.05, 0.1) is 0 Å². The first-order valence-electron chi connectivity index (χ1n) is 6.46. The Labute approximate surface area is 125 Å². The number of rotatable bonds is 2. The number of hydrogen-bond donors (Lipinski definition) is 1. The Bertz CT molecular complexity index is 595. The average Bonchev–Trinajstić information content (AvgIpc) is 2.49. The number of hydrogen-bond acceptors (Lipinski definition) is 2. The van der Waals surface area contributed by atoms with Crippen molar-refractivity contribution in [3.63, 3.8) is 0 Å². The topological polar surface area (TPSA) is 38.3 Å². The molecule has 1 amide bonds. The van der Waals surface area contributed by atoms with Gasteiger partial charge in [-0.25, -0.2) is 17.6 Å². The molecular formula is C13H10F7NO2. The van der Waals surface area contributed by atoms with Gasteiger partial charge in [0.15, 0.2) is 23.3 Å². The summed E-state index contributed by atoms with van der Waals surface area (Å²) in [4.78, 5) is 11.8. The van der Waals surface area contributed by atoms with Crippen LogP contribution in [-0.2, 0) is 15.7 Å². The zero-order valence-electron chi connectivity index (χ0n) is 11.4. The number of anilines is 1. The normalized spacial score (nSPS) is 16.5. The summed E-state index contributed by atoms with van der Waals surface area (Å²) >= 11 is 0. The molecule has 0 radical (unpaired) electrons. The van der Waals surface area contributed by atoms with Gasteiger partial charge in [0, 0.05) is 19.1 Å². The summed E-state index contributed by atoms with van der Waals surface area (Å²) in [7, 11) is 0. The summed E-state index contributed by atoms with van der Waals surface area (Å²) < 4.78 is 96.4. The van der Waals surface area contributed by atoms with E-state index in [1.54, 1.807) is 5.32 Å². The number of alkyl halides is 3. The highest BCUT2D eigenvalue weighted by atomic mass is 19.4. The second-order valence-electron chi connectivity index (χ2n) is 4.88. The highest BCUT2D eigenvalue weighted by Crippen LogP contribution is 2.38. The van der Waals surface area contributed by atoms with Crippen molar-refractivity contribution in [2.75, 3.05) is 18.5 Å². The molecule has 1 aromatic carbocycles. The van der Waals surface area contributed by atoms with Crippen molar-refractivity contribution in [1.29, 1.82) is 0 Å². The number of halogens is 7. The number of amides is 1. The molecule has 0 bridgehead atoms. The second-order valence-corrected chi connectivity index (χ2v) is 4.88. The van der Waals surface area contributed by atoms with E-state index in [0.29, 0.717) is 0 Å².